The van der Waals surface area contributed by atoms with Gasteiger partial charge < -0.3 is 10.5 Å². The average Bonchev–Trinajstić information content (AvgIpc) is 2.29. The molecule has 0 saturated heterocycles. The minimum Gasteiger partial charge on any atom is -0.462 e. The van der Waals surface area contributed by atoms with Crippen molar-refractivity contribution in [1.82, 2.24) is 0 Å². The Morgan fingerprint density at radius 2 is 2.13 bits per heavy atom. The first-order valence-electron chi connectivity index (χ1n) is 5.24. The summed E-state index contributed by atoms with van der Waals surface area (Å²) in [6, 6.07) is 7.27. The molecule has 0 heterocycles. The molecule has 82 valence electrons. The Hall–Kier alpha value is -1.35. The number of esters is 1. The molecule has 0 unspecified atom stereocenters. The van der Waals surface area contributed by atoms with E-state index in [-0.39, 0.29) is 5.97 Å². The van der Waals surface area contributed by atoms with Crippen LogP contribution < -0.4 is 5.73 Å². The van der Waals surface area contributed by atoms with E-state index in [4.69, 9.17) is 10.5 Å². The van der Waals surface area contributed by atoms with E-state index in [0.29, 0.717) is 18.7 Å². The van der Waals surface area contributed by atoms with Crippen LogP contribution in [0.3, 0.4) is 0 Å². The van der Waals surface area contributed by atoms with Gasteiger partial charge in [0.2, 0.25) is 0 Å². The van der Waals surface area contributed by atoms with E-state index in [1.165, 1.54) is 0 Å². The first-order valence-corrected chi connectivity index (χ1v) is 5.24. The second kappa shape index (κ2) is 6.19. The number of carbonyl (C=O) groups is 1. The van der Waals surface area contributed by atoms with E-state index in [1.54, 1.807) is 6.07 Å². The third-order valence-corrected chi connectivity index (χ3v) is 2.19. The van der Waals surface area contributed by atoms with Crippen molar-refractivity contribution < 1.29 is 9.53 Å². The zero-order valence-corrected chi connectivity index (χ0v) is 9.03. The van der Waals surface area contributed by atoms with Crippen LogP contribution >= 0.6 is 0 Å². The second-order valence-electron chi connectivity index (χ2n) is 3.35. The van der Waals surface area contributed by atoms with Crippen LogP contribution in [0.15, 0.2) is 24.3 Å². The maximum Gasteiger partial charge on any atom is 0.338 e. The van der Waals surface area contributed by atoms with Gasteiger partial charge in [0, 0.05) is 6.54 Å². The van der Waals surface area contributed by atoms with Crippen molar-refractivity contribution in [2.75, 3.05) is 6.61 Å². The van der Waals surface area contributed by atoms with Crippen molar-refractivity contribution in [2.45, 2.75) is 26.3 Å². The predicted molar refractivity (Wildman–Crippen MR) is 59.5 cm³/mol. The smallest absolute Gasteiger partial charge is 0.338 e. The lowest BCUT2D eigenvalue weighted by Gasteiger charge is -2.07. The molecule has 2 N–H and O–H groups in total. The highest BCUT2D eigenvalue weighted by Gasteiger charge is 2.10. The number of hydrogen-bond donors (Lipinski definition) is 1. The quantitative estimate of drug-likeness (QED) is 0.594. The number of rotatable bonds is 5. The van der Waals surface area contributed by atoms with Crippen LogP contribution in [0.5, 0.6) is 0 Å². The number of carbonyl (C=O) groups excluding carboxylic acids is 1. The fraction of sp³-hybridized carbons (Fsp3) is 0.417. The summed E-state index contributed by atoms with van der Waals surface area (Å²) >= 11 is 0. The molecule has 0 aliphatic rings. The number of hydrogen-bond acceptors (Lipinski definition) is 3. The highest BCUT2D eigenvalue weighted by atomic mass is 16.5. The van der Waals surface area contributed by atoms with Gasteiger partial charge in [0.05, 0.1) is 12.2 Å². The number of nitrogens with two attached hydrogens (primary N) is 1. The zero-order chi connectivity index (χ0) is 11.1. The molecule has 3 heteroatoms. The summed E-state index contributed by atoms with van der Waals surface area (Å²) in [6.07, 6.45) is 1.92. The van der Waals surface area contributed by atoms with Crippen molar-refractivity contribution in [3.05, 3.63) is 35.4 Å². The zero-order valence-electron chi connectivity index (χ0n) is 9.03. The maximum atomic E-state index is 11.6. The van der Waals surface area contributed by atoms with Crippen LogP contribution in [0.2, 0.25) is 0 Å². The van der Waals surface area contributed by atoms with E-state index in [1.807, 2.05) is 18.2 Å². The van der Waals surface area contributed by atoms with Gasteiger partial charge >= 0.3 is 5.97 Å². The number of ether oxygens (including phenoxy) is 1. The van der Waals surface area contributed by atoms with Crippen molar-refractivity contribution in [3.8, 4) is 0 Å². The Labute approximate surface area is 90.2 Å². The first-order chi connectivity index (χ1) is 7.29. The summed E-state index contributed by atoms with van der Waals surface area (Å²) in [5, 5.41) is 0. The second-order valence-corrected chi connectivity index (χ2v) is 3.35. The normalized spacial score (nSPS) is 10.0. The largest absolute Gasteiger partial charge is 0.462 e. The van der Waals surface area contributed by atoms with Crippen molar-refractivity contribution in [1.29, 1.82) is 0 Å². The van der Waals surface area contributed by atoms with Crippen LogP contribution in [0.1, 0.15) is 35.7 Å². The Morgan fingerprint density at radius 1 is 1.40 bits per heavy atom. The molecule has 0 amide bonds. The Morgan fingerprint density at radius 3 is 2.80 bits per heavy atom. The fourth-order valence-electron chi connectivity index (χ4n) is 1.28. The Balaban J connectivity index is 2.64. The van der Waals surface area contributed by atoms with Gasteiger partial charge in [0.15, 0.2) is 0 Å². The van der Waals surface area contributed by atoms with Gasteiger partial charge in [0.1, 0.15) is 0 Å². The molecule has 15 heavy (non-hydrogen) atoms. The van der Waals surface area contributed by atoms with E-state index >= 15 is 0 Å². The average molecular weight is 207 g/mol. The molecule has 1 aromatic rings. The van der Waals surface area contributed by atoms with Gasteiger partial charge in [-0.25, -0.2) is 4.79 Å². The number of benzene rings is 1. The monoisotopic (exact) mass is 207 g/mol. The summed E-state index contributed by atoms with van der Waals surface area (Å²) in [7, 11) is 0. The summed E-state index contributed by atoms with van der Waals surface area (Å²) in [5.41, 5.74) is 6.95. The topological polar surface area (TPSA) is 52.3 Å². The van der Waals surface area contributed by atoms with E-state index in [9.17, 15) is 4.79 Å². The van der Waals surface area contributed by atoms with Crippen LogP contribution in [0.25, 0.3) is 0 Å². The maximum absolute atomic E-state index is 11.6. The predicted octanol–water partition coefficient (Wildman–Crippen LogP) is 2.10. The molecule has 0 bridgehead atoms. The summed E-state index contributed by atoms with van der Waals surface area (Å²) in [6.45, 7) is 2.90. The molecule has 0 aliphatic carbocycles. The highest BCUT2D eigenvalue weighted by Crippen LogP contribution is 2.09. The minimum atomic E-state index is -0.274. The fourth-order valence-corrected chi connectivity index (χ4v) is 1.28. The summed E-state index contributed by atoms with van der Waals surface area (Å²) < 4.78 is 5.12. The van der Waals surface area contributed by atoms with Crippen LogP contribution in [-0.2, 0) is 11.3 Å². The molecule has 1 rings (SSSR count). The van der Waals surface area contributed by atoms with E-state index < -0.39 is 0 Å². The molecule has 0 atom stereocenters. The highest BCUT2D eigenvalue weighted by molar-refractivity contribution is 5.91. The summed E-state index contributed by atoms with van der Waals surface area (Å²) in [5.74, 6) is -0.274. The molecule has 0 radical (unpaired) electrons. The molecule has 0 saturated carbocycles. The first kappa shape index (κ1) is 11.7. The van der Waals surface area contributed by atoms with Crippen molar-refractivity contribution in [3.63, 3.8) is 0 Å². The third kappa shape index (κ3) is 3.36. The standard InChI is InChI=1S/C12H17NO2/c1-2-3-8-15-12(14)11-7-5-4-6-10(11)9-13/h4-7H,2-3,8-9,13H2,1H3. The van der Waals surface area contributed by atoms with Crippen LogP contribution in [0, 0.1) is 0 Å². The molecule has 0 fully saturated rings. The lowest BCUT2D eigenvalue weighted by molar-refractivity contribution is 0.0498. The van der Waals surface area contributed by atoms with E-state index in [0.717, 1.165) is 18.4 Å². The van der Waals surface area contributed by atoms with Gasteiger partial charge in [-0.2, -0.15) is 0 Å². The molecule has 3 nitrogen and oxygen atoms in total. The van der Waals surface area contributed by atoms with Gasteiger partial charge in [0.25, 0.3) is 0 Å². The minimum absolute atomic E-state index is 0.274. The summed E-state index contributed by atoms with van der Waals surface area (Å²) in [4.78, 5) is 11.6. The molecular weight excluding hydrogens is 190 g/mol. The third-order valence-electron chi connectivity index (χ3n) is 2.19. The number of unbranched alkanes of at least 4 members (excludes halogenated alkanes) is 1. The molecule has 0 aliphatic heterocycles. The molecular formula is C12H17NO2. The van der Waals surface area contributed by atoms with Gasteiger partial charge in [-0.3, -0.25) is 0 Å². The Bertz CT molecular complexity index is 323. The van der Waals surface area contributed by atoms with Gasteiger partial charge in [-0.1, -0.05) is 31.5 Å². The molecule has 0 spiro atoms. The van der Waals surface area contributed by atoms with Gasteiger partial charge in [-0.05, 0) is 18.1 Å². The van der Waals surface area contributed by atoms with Gasteiger partial charge in [-0.15, -0.1) is 0 Å². The molecule has 0 aromatic heterocycles. The van der Waals surface area contributed by atoms with Crippen molar-refractivity contribution in [2.24, 2.45) is 5.73 Å². The molecule has 1 aromatic carbocycles. The van der Waals surface area contributed by atoms with Crippen LogP contribution in [0.4, 0.5) is 0 Å². The Kier molecular flexibility index (Phi) is 4.84. The SMILES string of the molecule is CCCCOC(=O)c1ccccc1CN. The lowest BCUT2D eigenvalue weighted by Crippen LogP contribution is -2.11. The lowest BCUT2D eigenvalue weighted by atomic mass is 10.1. The van der Waals surface area contributed by atoms with Crippen LogP contribution in [-0.4, -0.2) is 12.6 Å². The van der Waals surface area contributed by atoms with Crippen molar-refractivity contribution >= 4 is 5.97 Å². The van der Waals surface area contributed by atoms with E-state index in [2.05, 4.69) is 6.92 Å².